The summed E-state index contributed by atoms with van der Waals surface area (Å²) in [6.45, 7) is 0. The molecule has 3 rings (SSSR count). The largest absolute Gasteiger partial charge is 0.507 e. The molecule has 0 radical (unpaired) electrons. The lowest BCUT2D eigenvalue weighted by molar-refractivity contribution is 0.0902. The molecule has 122 valence electrons. The van der Waals surface area contributed by atoms with E-state index in [1.807, 2.05) is 6.07 Å². The minimum absolute atomic E-state index is 0.103. The monoisotopic (exact) mass is 389 g/mol. The molecule has 2 aromatic rings. The summed E-state index contributed by atoms with van der Waals surface area (Å²) >= 11 is 3.32. The van der Waals surface area contributed by atoms with E-state index in [1.165, 1.54) is 7.11 Å². The molecule has 3 N–H and O–H groups in total. The number of anilines is 1. The maximum absolute atomic E-state index is 12.8. The lowest BCUT2D eigenvalue weighted by Gasteiger charge is -2.22. The van der Waals surface area contributed by atoms with Crippen LogP contribution in [0.25, 0.3) is 0 Å². The molecule has 1 aliphatic rings. The highest BCUT2D eigenvalue weighted by molar-refractivity contribution is 9.10. The predicted octanol–water partition coefficient (Wildman–Crippen LogP) is 3.21. The summed E-state index contributed by atoms with van der Waals surface area (Å²) in [5, 5.41) is 22.7. The van der Waals surface area contributed by atoms with Crippen molar-refractivity contribution in [3.8, 4) is 11.5 Å². The highest BCUT2D eigenvalue weighted by Gasteiger charge is 2.37. The van der Waals surface area contributed by atoms with Crippen molar-refractivity contribution in [2.45, 2.75) is 0 Å². The van der Waals surface area contributed by atoms with Gasteiger partial charge < -0.3 is 20.3 Å². The standard InChI is InChI=1S/C17H12BrNO5/c1-24-17-14(19-9-4-2-3-8(18)7-9)15(22)12-10(20)5-6-11(21)13(12)16(17)23/h2-7,19-21H,1H3. The van der Waals surface area contributed by atoms with Crippen molar-refractivity contribution in [1.82, 2.24) is 0 Å². The summed E-state index contributed by atoms with van der Waals surface area (Å²) in [4.78, 5) is 25.3. The van der Waals surface area contributed by atoms with Gasteiger partial charge in [0.2, 0.25) is 11.6 Å². The number of allylic oxidation sites excluding steroid dienone is 2. The first-order valence-electron chi connectivity index (χ1n) is 6.89. The lowest BCUT2D eigenvalue weighted by atomic mass is 9.89. The van der Waals surface area contributed by atoms with E-state index in [9.17, 15) is 19.8 Å². The maximum Gasteiger partial charge on any atom is 0.234 e. The molecule has 0 aliphatic heterocycles. The number of nitrogens with one attached hydrogen (secondary N) is 1. The Bertz CT molecular complexity index is 904. The number of halogens is 1. The van der Waals surface area contributed by atoms with Gasteiger partial charge in [-0.25, -0.2) is 0 Å². The van der Waals surface area contributed by atoms with Crippen LogP contribution in [-0.2, 0) is 4.74 Å². The normalized spacial score (nSPS) is 13.8. The highest BCUT2D eigenvalue weighted by atomic mass is 79.9. The van der Waals surface area contributed by atoms with Crippen LogP contribution in [0.2, 0.25) is 0 Å². The van der Waals surface area contributed by atoms with Crippen LogP contribution in [0.3, 0.4) is 0 Å². The zero-order chi connectivity index (χ0) is 17.4. The number of hydrogen-bond donors (Lipinski definition) is 3. The van der Waals surface area contributed by atoms with Gasteiger partial charge in [-0.3, -0.25) is 9.59 Å². The van der Waals surface area contributed by atoms with Gasteiger partial charge in [-0.05, 0) is 30.3 Å². The Hall–Kier alpha value is -2.80. The summed E-state index contributed by atoms with van der Waals surface area (Å²) in [6, 6.07) is 9.30. The minimum Gasteiger partial charge on any atom is -0.507 e. The van der Waals surface area contributed by atoms with E-state index >= 15 is 0 Å². The Kier molecular flexibility index (Phi) is 4.02. The van der Waals surface area contributed by atoms with E-state index in [0.29, 0.717) is 5.69 Å². The molecule has 0 aromatic heterocycles. The molecule has 0 bridgehead atoms. The molecule has 0 atom stereocenters. The van der Waals surface area contributed by atoms with Gasteiger partial charge in [0.15, 0.2) is 5.76 Å². The summed E-state index contributed by atoms with van der Waals surface area (Å²) in [6.07, 6.45) is 0. The lowest BCUT2D eigenvalue weighted by Crippen LogP contribution is -2.27. The molecule has 0 unspecified atom stereocenters. The van der Waals surface area contributed by atoms with E-state index in [1.54, 1.807) is 18.2 Å². The first-order chi connectivity index (χ1) is 11.4. The van der Waals surface area contributed by atoms with Crippen molar-refractivity contribution in [2.75, 3.05) is 12.4 Å². The molecule has 6 nitrogen and oxygen atoms in total. The van der Waals surface area contributed by atoms with Crippen molar-refractivity contribution >= 4 is 33.2 Å². The first-order valence-corrected chi connectivity index (χ1v) is 7.68. The Morgan fingerprint density at radius 1 is 1.00 bits per heavy atom. The Labute approximate surface area is 145 Å². The summed E-state index contributed by atoms with van der Waals surface area (Å²) in [5.41, 5.74) is -0.0675. The molecule has 7 heteroatoms. The minimum atomic E-state index is -0.682. The fraction of sp³-hybridized carbons (Fsp3) is 0.0588. The van der Waals surface area contributed by atoms with Crippen LogP contribution in [0, 0.1) is 0 Å². The molecule has 24 heavy (non-hydrogen) atoms. The van der Waals surface area contributed by atoms with Gasteiger partial charge in [-0.1, -0.05) is 22.0 Å². The number of ketones is 2. The second-order valence-electron chi connectivity index (χ2n) is 5.06. The van der Waals surface area contributed by atoms with Crippen LogP contribution in [0.5, 0.6) is 11.5 Å². The van der Waals surface area contributed by atoms with Crippen molar-refractivity contribution in [2.24, 2.45) is 0 Å². The number of hydrogen-bond acceptors (Lipinski definition) is 6. The van der Waals surface area contributed by atoms with E-state index in [-0.39, 0.29) is 28.3 Å². The topological polar surface area (TPSA) is 95.9 Å². The SMILES string of the molecule is COC1=C(Nc2cccc(Br)c2)C(=O)c2c(O)ccc(O)c2C1=O. The number of benzene rings is 2. The third-order valence-electron chi connectivity index (χ3n) is 3.57. The van der Waals surface area contributed by atoms with E-state index < -0.39 is 17.3 Å². The van der Waals surface area contributed by atoms with E-state index in [2.05, 4.69) is 21.2 Å². The number of fused-ring (bicyclic) bond motifs is 1. The average Bonchev–Trinajstić information content (AvgIpc) is 2.55. The zero-order valence-corrected chi connectivity index (χ0v) is 14.0. The average molecular weight is 390 g/mol. The number of carbonyl (C=O) groups is 2. The molecular formula is C17H12BrNO5. The number of rotatable bonds is 3. The van der Waals surface area contributed by atoms with Gasteiger partial charge in [-0.15, -0.1) is 0 Å². The van der Waals surface area contributed by atoms with E-state index in [4.69, 9.17) is 4.74 Å². The maximum atomic E-state index is 12.8. The van der Waals surface area contributed by atoms with Gasteiger partial charge >= 0.3 is 0 Å². The molecule has 1 aliphatic carbocycles. The Balaban J connectivity index is 2.16. The smallest absolute Gasteiger partial charge is 0.234 e. The summed E-state index contributed by atoms with van der Waals surface area (Å²) in [5.74, 6) is -2.33. The van der Waals surface area contributed by atoms with Crippen LogP contribution in [0.15, 0.2) is 52.3 Å². The second kappa shape index (κ2) is 6.01. The molecule has 2 aromatic carbocycles. The third kappa shape index (κ3) is 2.52. The van der Waals surface area contributed by atoms with Crippen molar-refractivity contribution in [3.63, 3.8) is 0 Å². The number of Topliss-reactive ketones (excluding diaryl/α,β-unsaturated/α-hetero) is 2. The van der Waals surface area contributed by atoms with Gasteiger partial charge in [-0.2, -0.15) is 0 Å². The van der Waals surface area contributed by atoms with Crippen LogP contribution >= 0.6 is 15.9 Å². The Morgan fingerprint density at radius 3 is 2.21 bits per heavy atom. The fourth-order valence-electron chi connectivity index (χ4n) is 2.51. The number of carbonyl (C=O) groups excluding carboxylic acids is 2. The molecule has 0 spiro atoms. The number of methoxy groups -OCH3 is 1. The predicted molar refractivity (Wildman–Crippen MR) is 90.2 cm³/mol. The molecule has 0 saturated heterocycles. The van der Waals surface area contributed by atoms with Crippen LogP contribution < -0.4 is 5.32 Å². The quantitative estimate of drug-likeness (QED) is 0.697. The van der Waals surface area contributed by atoms with Gasteiger partial charge in [0, 0.05) is 10.2 Å². The van der Waals surface area contributed by atoms with Crippen LogP contribution in [0.1, 0.15) is 20.7 Å². The van der Waals surface area contributed by atoms with Gasteiger partial charge in [0.05, 0.1) is 18.2 Å². The third-order valence-corrected chi connectivity index (χ3v) is 4.07. The van der Waals surface area contributed by atoms with Crippen LogP contribution in [0.4, 0.5) is 5.69 Å². The zero-order valence-electron chi connectivity index (χ0n) is 12.5. The molecule has 0 heterocycles. The summed E-state index contributed by atoms with van der Waals surface area (Å²) in [7, 11) is 1.26. The van der Waals surface area contributed by atoms with Crippen molar-refractivity contribution in [3.05, 3.63) is 63.5 Å². The Morgan fingerprint density at radius 2 is 1.62 bits per heavy atom. The van der Waals surface area contributed by atoms with Crippen molar-refractivity contribution < 1.29 is 24.5 Å². The van der Waals surface area contributed by atoms with Crippen molar-refractivity contribution in [1.29, 1.82) is 0 Å². The first kappa shape index (κ1) is 16.1. The number of phenolic OH excluding ortho intramolecular Hbond substituents is 2. The van der Waals surface area contributed by atoms with Gasteiger partial charge in [0.1, 0.15) is 17.2 Å². The van der Waals surface area contributed by atoms with E-state index in [0.717, 1.165) is 16.6 Å². The molecular weight excluding hydrogens is 378 g/mol. The molecule has 0 saturated carbocycles. The molecule has 0 amide bonds. The second-order valence-corrected chi connectivity index (χ2v) is 5.97. The highest BCUT2D eigenvalue weighted by Crippen LogP contribution is 2.37. The summed E-state index contributed by atoms with van der Waals surface area (Å²) < 4.78 is 5.86. The number of phenols is 2. The van der Waals surface area contributed by atoms with Gasteiger partial charge in [0.25, 0.3) is 0 Å². The van der Waals surface area contributed by atoms with Crippen LogP contribution in [-0.4, -0.2) is 28.9 Å². The molecule has 0 fully saturated rings. The number of ether oxygens (including phenoxy) is 1. The number of aromatic hydroxyl groups is 2. The fourth-order valence-corrected chi connectivity index (χ4v) is 2.91.